The average Bonchev–Trinajstić information content (AvgIpc) is 3.09. The van der Waals surface area contributed by atoms with Crippen LogP contribution in [0.3, 0.4) is 0 Å². The molecule has 0 unspecified atom stereocenters. The van der Waals surface area contributed by atoms with Crippen molar-refractivity contribution in [3.8, 4) is 11.1 Å². The minimum atomic E-state index is 1.05. The lowest BCUT2D eigenvalue weighted by Gasteiger charge is -2.09. The van der Waals surface area contributed by atoms with Gasteiger partial charge < -0.3 is 4.98 Å². The second-order valence-corrected chi connectivity index (χ2v) is 5.62. The minimum absolute atomic E-state index is 1.05. The number of nitrogens with one attached hydrogen (secondary N) is 1. The Kier molecular flexibility index (Phi) is 5.04. The first-order chi connectivity index (χ1) is 10.9. The van der Waals surface area contributed by atoms with Crippen LogP contribution in [0.15, 0.2) is 67.0 Å². The van der Waals surface area contributed by atoms with Crippen LogP contribution in [-0.4, -0.2) is 9.97 Å². The van der Waals surface area contributed by atoms with E-state index >= 15 is 0 Å². The maximum atomic E-state index is 4.27. The van der Waals surface area contributed by atoms with Crippen LogP contribution in [-0.2, 0) is 12.8 Å². The Morgan fingerprint density at radius 2 is 1.55 bits per heavy atom. The Morgan fingerprint density at radius 1 is 0.773 bits per heavy atom. The van der Waals surface area contributed by atoms with E-state index in [9.17, 15) is 0 Å². The van der Waals surface area contributed by atoms with Crippen molar-refractivity contribution in [1.82, 2.24) is 9.97 Å². The first kappa shape index (κ1) is 14.6. The lowest BCUT2D eigenvalue weighted by Crippen LogP contribution is -1.92. The monoisotopic (exact) mass is 290 g/mol. The predicted octanol–water partition coefficient (Wildman–Crippen LogP) is 5.03. The van der Waals surface area contributed by atoms with E-state index in [1.165, 1.54) is 36.0 Å². The Morgan fingerprint density at radius 3 is 2.36 bits per heavy atom. The molecule has 2 heteroatoms. The molecule has 0 aliphatic rings. The summed E-state index contributed by atoms with van der Waals surface area (Å²) in [6.07, 6.45) is 9.57. The lowest BCUT2D eigenvalue weighted by atomic mass is 9.96. The van der Waals surface area contributed by atoms with Gasteiger partial charge >= 0.3 is 0 Å². The maximum Gasteiger partial charge on any atom is 0.105 e. The normalized spacial score (nSPS) is 10.7. The van der Waals surface area contributed by atoms with Crippen LogP contribution in [0.2, 0.25) is 0 Å². The zero-order valence-electron chi connectivity index (χ0n) is 12.8. The van der Waals surface area contributed by atoms with Crippen LogP contribution >= 0.6 is 0 Å². The number of imidazole rings is 1. The van der Waals surface area contributed by atoms with Gasteiger partial charge in [-0.2, -0.15) is 0 Å². The molecule has 2 aromatic carbocycles. The van der Waals surface area contributed by atoms with E-state index in [1.54, 1.807) is 0 Å². The highest BCUT2D eigenvalue weighted by Gasteiger charge is 2.04. The third-order valence-electron chi connectivity index (χ3n) is 4.02. The first-order valence-corrected chi connectivity index (χ1v) is 8.05. The van der Waals surface area contributed by atoms with Gasteiger partial charge in [-0.05, 0) is 36.0 Å². The Labute approximate surface area is 132 Å². The second kappa shape index (κ2) is 7.60. The summed E-state index contributed by atoms with van der Waals surface area (Å²) in [6, 6.07) is 19.4. The van der Waals surface area contributed by atoms with Crippen molar-refractivity contribution in [1.29, 1.82) is 0 Å². The molecule has 0 saturated carbocycles. The quantitative estimate of drug-likeness (QED) is 0.607. The van der Waals surface area contributed by atoms with Crippen molar-refractivity contribution in [2.45, 2.75) is 32.1 Å². The molecule has 2 nitrogen and oxygen atoms in total. The number of hydrogen-bond donors (Lipinski definition) is 1. The Balaban J connectivity index is 1.54. The number of aromatic nitrogens is 2. The molecule has 0 fully saturated rings. The average molecular weight is 290 g/mol. The molecule has 0 spiro atoms. The highest BCUT2D eigenvalue weighted by Crippen LogP contribution is 2.24. The number of aromatic amines is 1. The molecular weight excluding hydrogens is 268 g/mol. The highest BCUT2D eigenvalue weighted by atomic mass is 14.9. The van der Waals surface area contributed by atoms with Crippen molar-refractivity contribution < 1.29 is 0 Å². The van der Waals surface area contributed by atoms with Crippen molar-refractivity contribution in [3.05, 3.63) is 78.4 Å². The summed E-state index contributed by atoms with van der Waals surface area (Å²) in [6.45, 7) is 0. The fraction of sp³-hybridized carbons (Fsp3) is 0.250. The van der Waals surface area contributed by atoms with E-state index in [-0.39, 0.29) is 0 Å². The van der Waals surface area contributed by atoms with Crippen LogP contribution < -0.4 is 0 Å². The zero-order valence-corrected chi connectivity index (χ0v) is 12.8. The van der Waals surface area contributed by atoms with Gasteiger partial charge in [0.1, 0.15) is 5.82 Å². The summed E-state index contributed by atoms with van der Waals surface area (Å²) >= 11 is 0. The van der Waals surface area contributed by atoms with Crippen molar-refractivity contribution in [2.75, 3.05) is 0 Å². The molecule has 0 aliphatic carbocycles. The molecule has 0 radical (unpaired) electrons. The number of rotatable bonds is 7. The number of benzene rings is 2. The highest BCUT2D eigenvalue weighted by molar-refractivity contribution is 5.67. The number of nitrogens with zero attached hydrogens (tertiary/aromatic N) is 1. The number of aryl methyl sites for hydroxylation is 2. The van der Waals surface area contributed by atoms with Crippen LogP contribution in [0.1, 0.15) is 30.7 Å². The van der Waals surface area contributed by atoms with Gasteiger partial charge in [0, 0.05) is 18.8 Å². The van der Waals surface area contributed by atoms with Crippen LogP contribution in [0.5, 0.6) is 0 Å². The molecule has 3 aromatic rings. The molecule has 112 valence electrons. The molecule has 0 bridgehead atoms. The van der Waals surface area contributed by atoms with Gasteiger partial charge in [0.2, 0.25) is 0 Å². The summed E-state index contributed by atoms with van der Waals surface area (Å²) in [5.41, 5.74) is 4.13. The van der Waals surface area contributed by atoms with Gasteiger partial charge in [-0.1, -0.05) is 61.0 Å². The third-order valence-corrected chi connectivity index (χ3v) is 4.02. The number of unbranched alkanes of at least 4 members (excludes halogenated alkanes) is 2. The molecule has 0 amide bonds. The molecule has 3 rings (SSSR count). The van der Waals surface area contributed by atoms with E-state index in [4.69, 9.17) is 0 Å². The Bertz CT molecular complexity index is 672. The van der Waals surface area contributed by atoms with Gasteiger partial charge in [0.05, 0.1) is 0 Å². The molecule has 22 heavy (non-hydrogen) atoms. The van der Waals surface area contributed by atoms with Crippen LogP contribution in [0, 0.1) is 0 Å². The van der Waals surface area contributed by atoms with Crippen LogP contribution in [0.4, 0.5) is 0 Å². The predicted molar refractivity (Wildman–Crippen MR) is 91.7 cm³/mol. The fourth-order valence-corrected chi connectivity index (χ4v) is 2.86. The molecule has 1 heterocycles. The first-order valence-electron chi connectivity index (χ1n) is 8.05. The maximum absolute atomic E-state index is 4.27. The zero-order chi connectivity index (χ0) is 15.0. The molecule has 1 aromatic heterocycles. The molecule has 1 N–H and O–H groups in total. The van der Waals surface area contributed by atoms with Gasteiger partial charge in [0.25, 0.3) is 0 Å². The molecule has 0 saturated heterocycles. The van der Waals surface area contributed by atoms with E-state index in [1.807, 2.05) is 12.4 Å². The van der Waals surface area contributed by atoms with Gasteiger partial charge in [-0.3, -0.25) is 0 Å². The SMILES string of the molecule is c1ccc(-c2ccccc2CCCCCc2ncc[nH]2)cc1. The van der Waals surface area contributed by atoms with E-state index in [0.717, 1.165) is 18.7 Å². The van der Waals surface area contributed by atoms with Crippen molar-refractivity contribution >= 4 is 0 Å². The summed E-state index contributed by atoms with van der Waals surface area (Å²) in [4.78, 5) is 7.44. The standard InChI is InChI=1S/C20H22N2/c1-3-9-17(10-4-1)19-13-8-7-12-18(19)11-5-2-6-14-20-21-15-16-22-20/h1,3-4,7-10,12-13,15-16H,2,5-6,11,14H2,(H,21,22). The molecule has 0 atom stereocenters. The minimum Gasteiger partial charge on any atom is -0.349 e. The smallest absolute Gasteiger partial charge is 0.105 e. The second-order valence-electron chi connectivity index (χ2n) is 5.62. The molecular formula is C20H22N2. The molecule has 0 aliphatic heterocycles. The Hall–Kier alpha value is -2.35. The summed E-state index contributed by atoms with van der Waals surface area (Å²) in [7, 11) is 0. The number of H-pyrrole nitrogens is 1. The summed E-state index contributed by atoms with van der Waals surface area (Å²) < 4.78 is 0. The van der Waals surface area contributed by atoms with E-state index in [2.05, 4.69) is 64.6 Å². The fourth-order valence-electron chi connectivity index (χ4n) is 2.86. The summed E-state index contributed by atoms with van der Waals surface area (Å²) in [5.74, 6) is 1.10. The van der Waals surface area contributed by atoms with Crippen molar-refractivity contribution in [3.63, 3.8) is 0 Å². The lowest BCUT2D eigenvalue weighted by molar-refractivity contribution is 0.666. The van der Waals surface area contributed by atoms with Gasteiger partial charge in [-0.25, -0.2) is 4.98 Å². The van der Waals surface area contributed by atoms with Crippen molar-refractivity contribution in [2.24, 2.45) is 0 Å². The van der Waals surface area contributed by atoms with E-state index in [0.29, 0.717) is 0 Å². The van der Waals surface area contributed by atoms with Gasteiger partial charge in [-0.15, -0.1) is 0 Å². The largest absolute Gasteiger partial charge is 0.349 e. The van der Waals surface area contributed by atoms with E-state index < -0.39 is 0 Å². The third kappa shape index (κ3) is 3.85. The van der Waals surface area contributed by atoms with Crippen LogP contribution in [0.25, 0.3) is 11.1 Å². The van der Waals surface area contributed by atoms with Gasteiger partial charge in [0.15, 0.2) is 0 Å². The number of hydrogen-bond acceptors (Lipinski definition) is 1. The summed E-state index contributed by atoms with van der Waals surface area (Å²) in [5, 5.41) is 0. The topological polar surface area (TPSA) is 28.7 Å².